The Kier molecular flexibility index (Phi) is 1.17. The van der Waals surface area contributed by atoms with Crippen molar-refractivity contribution >= 4 is 17.6 Å². The van der Waals surface area contributed by atoms with Crippen molar-refractivity contribution in [2.24, 2.45) is 0 Å². The van der Waals surface area contributed by atoms with Crippen molar-refractivity contribution in [2.45, 2.75) is 4.87 Å². The Morgan fingerprint density at radius 1 is 1.75 bits per heavy atom. The van der Waals surface area contributed by atoms with E-state index in [1.165, 1.54) is 0 Å². The fourth-order valence-electron chi connectivity index (χ4n) is 0.496. The van der Waals surface area contributed by atoms with Gasteiger partial charge in [-0.2, -0.15) is 0 Å². The van der Waals surface area contributed by atoms with Gasteiger partial charge in [0.15, 0.2) is 4.87 Å². The van der Waals surface area contributed by atoms with Gasteiger partial charge in [-0.15, -0.1) is 11.6 Å². The molecule has 46 valence electrons. The second kappa shape index (κ2) is 1.60. The molecule has 0 aromatic rings. The molecule has 0 aromatic carbocycles. The van der Waals surface area contributed by atoms with Crippen molar-refractivity contribution in [1.82, 2.24) is 5.32 Å². The first kappa shape index (κ1) is 5.85. The summed E-state index contributed by atoms with van der Waals surface area (Å²) in [5.74, 6) is -0.932. The zero-order chi connectivity index (χ0) is 6.20. The molecular weight excluding hydrogens is 130 g/mol. The first-order chi connectivity index (χ1) is 3.65. The van der Waals surface area contributed by atoms with E-state index in [0.717, 1.165) is 0 Å². The quantitative estimate of drug-likeness (QED) is 0.484. The van der Waals surface area contributed by atoms with Gasteiger partial charge in [-0.1, -0.05) is 0 Å². The van der Waals surface area contributed by atoms with Crippen LogP contribution in [-0.2, 0) is 4.79 Å². The zero-order valence-electron chi connectivity index (χ0n) is 4.15. The first-order valence-electron chi connectivity index (χ1n) is 2.28. The summed E-state index contributed by atoms with van der Waals surface area (Å²) in [6.07, 6.45) is 0. The Morgan fingerprint density at radius 2 is 2.25 bits per heavy atom. The normalized spacial score (nSPS) is 24.1. The number of aliphatic carboxylic acids is 1. The molecule has 0 aliphatic carbocycles. The highest BCUT2D eigenvalue weighted by Crippen LogP contribution is 2.19. The number of nitrogens with one attached hydrogen (secondary N) is 1. The number of halogens is 1. The molecule has 0 saturated carbocycles. The van der Waals surface area contributed by atoms with Gasteiger partial charge in [-0.25, -0.2) is 0 Å². The maximum Gasteiger partial charge on any atom is 0.327 e. The minimum atomic E-state index is -1.00. The van der Waals surface area contributed by atoms with Crippen molar-refractivity contribution in [2.75, 3.05) is 13.1 Å². The number of hydrogen-bond donors (Lipinski definition) is 2. The smallest absolute Gasteiger partial charge is 0.327 e. The molecule has 8 heavy (non-hydrogen) atoms. The van der Waals surface area contributed by atoms with Crippen molar-refractivity contribution in [3.05, 3.63) is 0 Å². The van der Waals surface area contributed by atoms with Crippen LogP contribution >= 0.6 is 11.6 Å². The van der Waals surface area contributed by atoms with Gasteiger partial charge < -0.3 is 10.4 Å². The Morgan fingerprint density at radius 3 is 2.25 bits per heavy atom. The summed E-state index contributed by atoms with van der Waals surface area (Å²) in [7, 11) is 0. The molecule has 2 N–H and O–H groups in total. The van der Waals surface area contributed by atoms with E-state index in [1.807, 2.05) is 0 Å². The monoisotopic (exact) mass is 135 g/mol. The molecule has 1 rings (SSSR count). The molecule has 1 aliphatic rings. The molecule has 1 heterocycles. The molecule has 4 heteroatoms. The van der Waals surface area contributed by atoms with E-state index in [1.54, 1.807) is 0 Å². The summed E-state index contributed by atoms with van der Waals surface area (Å²) >= 11 is 5.48. The Bertz CT molecular complexity index is 121. The Hall–Kier alpha value is -0.280. The van der Waals surface area contributed by atoms with E-state index < -0.39 is 10.8 Å². The highest BCUT2D eigenvalue weighted by atomic mass is 35.5. The average molecular weight is 136 g/mol. The zero-order valence-corrected chi connectivity index (χ0v) is 4.90. The predicted octanol–water partition coefficient (Wildman–Crippen LogP) is -0.348. The number of carboxylic acids is 1. The third-order valence-corrected chi connectivity index (χ3v) is 1.62. The Labute approximate surface area is 51.6 Å². The lowest BCUT2D eigenvalue weighted by Crippen LogP contribution is -2.60. The van der Waals surface area contributed by atoms with Crippen LogP contribution in [0, 0.1) is 0 Å². The van der Waals surface area contributed by atoms with Gasteiger partial charge in [0, 0.05) is 13.1 Å². The first-order valence-corrected chi connectivity index (χ1v) is 2.66. The highest BCUT2D eigenvalue weighted by molar-refractivity contribution is 6.34. The third-order valence-electron chi connectivity index (χ3n) is 1.19. The van der Waals surface area contributed by atoms with Crippen molar-refractivity contribution in [1.29, 1.82) is 0 Å². The molecule has 3 nitrogen and oxygen atoms in total. The molecule has 0 radical (unpaired) electrons. The molecule has 0 spiro atoms. The number of hydrogen-bond acceptors (Lipinski definition) is 2. The minimum absolute atomic E-state index is 0.379. The molecule has 1 fully saturated rings. The van der Waals surface area contributed by atoms with Crippen molar-refractivity contribution < 1.29 is 9.90 Å². The van der Waals surface area contributed by atoms with Crippen LogP contribution in [0.3, 0.4) is 0 Å². The average Bonchev–Trinajstić information content (AvgIpc) is 1.60. The number of rotatable bonds is 1. The molecule has 0 aromatic heterocycles. The molecule has 1 aliphatic heterocycles. The SMILES string of the molecule is O=C(O)C1(Cl)CNC1. The van der Waals surface area contributed by atoms with Crippen molar-refractivity contribution in [3.63, 3.8) is 0 Å². The topological polar surface area (TPSA) is 49.3 Å². The standard InChI is InChI=1S/C4H6ClNO2/c5-4(3(7)8)1-6-2-4/h6H,1-2H2,(H,7,8). The van der Waals surface area contributed by atoms with Crippen LogP contribution < -0.4 is 5.32 Å². The molecule has 0 amide bonds. The predicted molar refractivity (Wildman–Crippen MR) is 29.1 cm³/mol. The second-order valence-electron chi connectivity index (χ2n) is 1.87. The van der Waals surface area contributed by atoms with E-state index in [-0.39, 0.29) is 0 Å². The summed E-state index contributed by atoms with van der Waals surface area (Å²) < 4.78 is 0. The van der Waals surface area contributed by atoms with Gasteiger partial charge in [0.25, 0.3) is 0 Å². The number of carboxylic acid groups (broad SMARTS) is 1. The molecule has 0 atom stereocenters. The van der Waals surface area contributed by atoms with Gasteiger partial charge in [-0.05, 0) is 0 Å². The fourth-order valence-corrected chi connectivity index (χ4v) is 0.685. The summed E-state index contributed by atoms with van der Waals surface area (Å²) in [4.78, 5) is 9.13. The highest BCUT2D eigenvalue weighted by Gasteiger charge is 2.42. The summed E-state index contributed by atoms with van der Waals surface area (Å²) in [5.41, 5.74) is 0. The van der Waals surface area contributed by atoms with Crippen LogP contribution in [0.5, 0.6) is 0 Å². The van der Waals surface area contributed by atoms with Gasteiger partial charge >= 0.3 is 5.97 Å². The van der Waals surface area contributed by atoms with Crippen LogP contribution in [-0.4, -0.2) is 29.0 Å². The van der Waals surface area contributed by atoms with Crippen molar-refractivity contribution in [3.8, 4) is 0 Å². The molecule has 0 bridgehead atoms. The van der Waals surface area contributed by atoms with E-state index in [4.69, 9.17) is 16.7 Å². The van der Waals surface area contributed by atoms with Crippen LogP contribution in [0.25, 0.3) is 0 Å². The molecule has 1 saturated heterocycles. The second-order valence-corrected chi connectivity index (χ2v) is 2.60. The minimum Gasteiger partial charge on any atom is -0.480 e. The van der Waals surface area contributed by atoms with Gasteiger partial charge in [-0.3, -0.25) is 4.79 Å². The lowest BCUT2D eigenvalue weighted by Gasteiger charge is -2.31. The third kappa shape index (κ3) is 0.677. The van der Waals surface area contributed by atoms with Crippen LogP contribution in [0.15, 0.2) is 0 Å². The maximum absolute atomic E-state index is 10.1. The van der Waals surface area contributed by atoms with Crippen LogP contribution in [0.2, 0.25) is 0 Å². The summed E-state index contributed by atoms with van der Waals surface area (Å²) in [6.45, 7) is 0.758. The number of alkyl halides is 1. The lowest BCUT2D eigenvalue weighted by atomic mass is 10.0. The lowest BCUT2D eigenvalue weighted by molar-refractivity contribution is -0.141. The Balaban J connectivity index is 2.53. The van der Waals surface area contributed by atoms with E-state index in [9.17, 15) is 4.79 Å². The fraction of sp³-hybridized carbons (Fsp3) is 0.750. The number of carbonyl (C=O) groups is 1. The van der Waals surface area contributed by atoms with Crippen LogP contribution in [0.4, 0.5) is 0 Å². The van der Waals surface area contributed by atoms with Gasteiger partial charge in [0.1, 0.15) is 0 Å². The molecular formula is C4H6ClNO2. The van der Waals surface area contributed by atoms with Gasteiger partial charge in [0.05, 0.1) is 0 Å². The van der Waals surface area contributed by atoms with E-state index in [2.05, 4.69) is 5.32 Å². The largest absolute Gasteiger partial charge is 0.480 e. The summed E-state index contributed by atoms with van der Waals surface area (Å²) in [6, 6.07) is 0. The van der Waals surface area contributed by atoms with Gasteiger partial charge in [0.2, 0.25) is 0 Å². The van der Waals surface area contributed by atoms with E-state index >= 15 is 0 Å². The molecule has 0 unspecified atom stereocenters. The van der Waals surface area contributed by atoms with Crippen LogP contribution in [0.1, 0.15) is 0 Å². The summed E-state index contributed by atoms with van der Waals surface area (Å²) in [5, 5.41) is 11.1. The maximum atomic E-state index is 10.1. The van der Waals surface area contributed by atoms with E-state index in [0.29, 0.717) is 13.1 Å².